The van der Waals surface area contributed by atoms with Crippen molar-refractivity contribution in [3.05, 3.63) is 77.1 Å². The number of amides is 1. The molecule has 4 heterocycles. The molecule has 0 saturated heterocycles. The average molecular weight is 608 g/mol. The molecule has 0 bridgehead atoms. The molecule has 1 atom stereocenters. The number of para-hydroxylation sites is 1. The molecule has 9 nitrogen and oxygen atoms in total. The molecule has 0 saturated carbocycles. The molecule has 15 heteroatoms. The first-order valence-corrected chi connectivity index (χ1v) is 13.8. The Hall–Kier alpha value is -4.37. The van der Waals surface area contributed by atoms with E-state index in [1.807, 2.05) is 0 Å². The van der Waals surface area contributed by atoms with Crippen LogP contribution < -0.4 is 14.8 Å². The number of fused-ring (bicyclic) bond motifs is 3. The number of ether oxygens (including phenoxy) is 3. The van der Waals surface area contributed by atoms with Gasteiger partial charge in [0, 0.05) is 33.8 Å². The summed E-state index contributed by atoms with van der Waals surface area (Å²) in [5.41, 5.74) is -2.82. The van der Waals surface area contributed by atoms with Crippen molar-refractivity contribution < 1.29 is 49.4 Å². The number of rotatable bonds is 5. The van der Waals surface area contributed by atoms with Crippen LogP contribution >= 0.6 is 0 Å². The SMILES string of the molecule is O=C(NCc1cc2nc(-c3cccc4c3OC(F)(F)O4)ccc2cn1)c1cc(C(F)F)c2c(c1)S(=O)(=O)[C@@H](F)COC2. The number of hydrogen-bond acceptors (Lipinski definition) is 8. The van der Waals surface area contributed by atoms with Crippen LogP contribution in [0.25, 0.3) is 22.2 Å². The lowest BCUT2D eigenvalue weighted by molar-refractivity contribution is -0.286. The zero-order chi connectivity index (χ0) is 29.8. The van der Waals surface area contributed by atoms with Gasteiger partial charge < -0.3 is 19.5 Å². The van der Waals surface area contributed by atoms with E-state index in [-0.39, 0.29) is 23.6 Å². The van der Waals surface area contributed by atoms with Crippen molar-refractivity contribution in [1.29, 1.82) is 0 Å². The monoisotopic (exact) mass is 607 g/mol. The third kappa shape index (κ3) is 4.98. The van der Waals surface area contributed by atoms with Crippen LogP contribution in [0.1, 0.15) is 33.6 Å². The largest absolute Gasteiger partial charge is 0.586 e. The van der Waals surface area contributed by atoms with Gasteiger partial charge in [-0.15, -0.1) is 8.78 Å². The van der Waals surface area contributed by atoms with Gasteiger partial charge in [-0.25, -0.2) is 26.6 Å². The first kappa shape index (κ1) is 27.8. The van der Waals surface area contributed by atoms with E-state index in [9.17, 15) is 35.2 Å². The van der Waals surface area contributed by atoms with E-state index in [2.05, 4.69) is 24.8 Å². The lowest BCUT2D eigenvalue weighted by Gasteiger charge is -2.15. The predicted octanol–water partition coefficient (Wildman–Crippen LogP) is 5.09. The molecule has 2 aromatic heterocycles. The Kier molecular flexibility index (Phi) is 6.73. The van der Waals surface area contributed by atoms with Gasteiger partial charge in [0.2, 0.25) is 15.3 Å². The summed E-state index contributed by atoms with van der Waals surface area (Å²) >= 11 is 0. The van der Waals surface area contributed by atoms with Gasteiger partial charge in [-0.1, -0.05) is 6.07 Å². The first-order valence-electron chi connectivity index (χ1n) is 12.3. The summed E-state index contributed by atoms with van der Waals surface area (Å²) in [7, 11) is -4.68. The Morgan fingerprint density at radius 2 is 1.93 bits per heavy atom. The molecule has 0 aliphatic carbocycles. The predicted molar refractivity (Wildman–Crippen MR) is 135 cm³/mol. The van der Waals surface area contributed by atoms with Crippen molar-refractivity contribution in [2.45, 2.75) is 36.3 Å². The zero-order valence-electron chi connectivity index (χ0n) is 21.1. The van der Waals surface area contributed by atoms with Crippen LogP contribution in [-0.4, -0.2) is 42.7 Å². The summed E-state index contributed by atoms with van der Waals surface area (Å²) in [6.45, 7) is -1.60. The number of carbonyl (C=O) groups excluding carboxylic acids is 1. The van der Waals surface area contributed by atoms with Crippen LogP contribution in [0.3, 0.4) is 0 Å². The first-order chi connectivity index (χ1) is 19.9. The van der Waals surface area contributed by atoms with Crippen LogP contribution in [0.15, 0.2) is 59.6 Å². The number of aromatic nitrogens is 2. The van der Waals surface area contributed by atoms with Crippen molar-refractivity contribution in [3.8, 4) is 22.8 Å². The number of nitrogens with zero attached hydrogens (tertiary/aromatic N) is 2. The highest BCUT2D eigenvalue weighted by Gasteiger charge is 2.44. The molecule has 0 radical (unpaired) electrons. The molecule has 2 aliphatic heterocycles. The fourth-order valence-electron chi connectivity index (χ4n) is 4.63. The molecule has 6 rings (SSSR count). The molecule has 218 valence electrons. The number of benzene rings is 2. The standard InChI is InChI=1S/C27H18F5N3O6S/c28-23-12-39-11-18-17(25(29)30)6-14(7-22(18)42(23,37)38)26(36)34-10-15-8-20-13(9-33-15)4-5-19(35-20)16-2-1-3-21-24(16)41-27(31,32)40-21/h1-9,23,25H,10-12H2,(H,34,36)/t23-/m1/s1. The molecule has 0 spiro atoms. The Bertz CT molecular complexity index is 1850. The number of carbonyl (C=O) groups is 1. The molecule has 1 N–H and O–H groups in total. The van der Waals surface area contributed by atoms with Gasteiger partial charge in [0.1, 0.15) is 0 Å². The highest BCUT2D eigenvalue weighted by Crippen LogP contribution is 2.46. The average Bonchev–Trinajstić information content (AvgIpc) is 3.23. The summed E-state index contributed by atoms with van der Waals surface area (Å²) in [6, 6.07) is 10.8. The number of sulfone groups is 1. The van der Waals surface area contributed by atoms with Crippen molar-refractivity contribution in [1.82, 2.24) is 15.3 Å². The fourth-order valence-corrected chi connectivity index (χ4v) is 5.99. The lowest BCUT2D eigenvalue weighted by atomic mass is 10.0. The second kappa shape index (κ2) is 10.2. The van der Waals surface area contributed by atoms with Crippen LogP contribution in [-0.2, 0) is 27.7 Å². The maximum absolute atomic E-state index is 14.2. The molecule has 4 aromatic rings. The summed E-state index contributed by atoms with van der Waals surface area (Å²) in [5, 5.41) is 3.07. The van der Waals surface area contributed by atoms with Crippen molar-refractivity contribution in [2.24, 2.45) is 0 Å². The van der Waals surface area contributed by atoms with E-state index >= 15 is 0 Å². The van der Waals surface area contributed by atoms with Gasteiger partial charge in [-0.3, -0.25) is 9.78 Å². The van der Waals surface area contributed by atoms with E-state index in [1.165, 1.54) is 30.5 Å². The van der Waals surface area contributed by atoms with Crippen molar-refractivity contribution >= 4 is 26.6 Å². The summed E-state index contributed by atoms with van der Waals surface area (Å²) < 4.78 is 108. The van der Waals surface area contributed by atoms with Crippen molar-refractivity contribution in [2.75, 3.05) is 6.61 Å². The number of pyridine rings is 2. The van der Waals surface area contributed by atoms with Gasteiger partial charge >= 0.3 is 6.29 Å². The van der Waals surface area contributed by atoms with E-state index in [0.29, 0.717) is 22.3 Å². The van der Waals surface area contributed by atoms with Gasteiger partial charge in [0.15, 0.2) is 11.5 Å². The zero-order valence-corrected chi connectivity index (χ0v) is 21.9. The number of hydrogen-bond donors (Lipinski definition) is 1. The topological polar surface area (TPSA) is 117 Å². The lowest BCUT2D eigenvalue weighted by Crippen LogP contribution is -2.26. The molecule has 0 fully saturated rings. The van der Waals surface area contributed by atoms with E-state index in [0.717, 1.165) is 12.1 Å². The van der Waals surface area contributed by atoms with E-state index in [1.54, 1.807) is 12.1 Å². The van der Waals surface area contributed by atoms with Gasteiger partial charge in [-0.2, -0.15) is 0 Å². The number of alkyl halides is 5. The molecular weight excluding hydrogens is 589 g/mol. The highest BCUT2D eigenvalue weighted by molar-refractivity contribution is 7.92. The Morgan fingerprint density at radius 1 is 1.12 bits per heavy atom. The normalized spacial score (nSPS) is 18.5. The molecule has 1 amide bonds. The smallest absolute Gasteiger partial charge is 0.395 e. The quantitative estimate of drug-likeness (QED) is 0.312. The fraction of sp³-hybridized carbons (Fsp3) is 0.222. The minimum Gasteiger partial charge on any atom is -0.395 e. The van der Waals surface area contributed by atoms with Crippen LogP contribution in [0.5, 0.6) is 11.5 Å². The number of nitrogens with one attached hydrogen (secondary N) is 1. The van der Waals surface area contributed by atoms with Gasteiger partial charge in [0.05, 0.1) is 41.6 Å². The minimum absolute atomic E-state index is 0.146. The maximum atomic E-state index is 14.2. The van der Waals surface area contributed by atoms with Crippen LogP contribution in [0, 0.1) is 0 Å². The van der Waals surface area contributed by atoms with E-state index in [4.69, 9.17) is 4.74 Å². The van der Waals surface area contributed by atoms with Crippen LogP contribution in [0.2, 0.25) is 0 Å². The van der Waals surface area contributed by atoms with Crippen molar-refractivity contribution in [3.63, 3.8) is 0 Å². The third-order valence-corrected chi connectivity index (χ3v) is 8.43. The second-order valence-corrected chi connectivity index (χ2v) is 11.4. The van der Waals surface area contributed by atoms with Crippen LogP contribution in [0.4, 0.5) is 22.0 Å². The van der Waals surface area contributed by atoms with Gasteiger partial charge in [0.25, 0.3) is 12.3 Å². The van der Waals surface area contributed by atoms with Gasteiger partial charge in [-0.05, 0) is 42.5 Å². The Morgan fingerprint density at radius 3 is 2.71 bits per heavy atom. The molecule has 42 heavy (non-hydrogen) atoms. The molecule has 0 unspecified atom stereocenters. The minimum atomic E-state index is -4.68. The molecular formula is C27H18F5N3O6S. The highest BCUT2D eigenvalue weighted by atomic mass is 32.2. The summed E-state index contributed by atoms with van der Waals surface area (Å²) in [6.07, 6.45) is -5.51. The summed E-state index contributed by atoms with van der Waals surface area (Å²) in [4.78, 5) is 20.9. The molecule has 2 aromatic carbocycles. The summed E-state index contributed by atoms with van der Waals surface area (Å²) in [5.74, 6) is -1.22. The Labute approximate surface area is 234 Å². The maximum Gasteiger partial charge on any atom is 0.586 e. The van der Waals surface area contributed by atoms with E-state index < -0.39 is 68.8 Å². The second-order valence-electron chi connectivity index (χ2n) is 9.36. The third-order valence-electron chi connectivity index (χ3n) is 6.64. The Balaban J connectivity index is 1.27. The molecule has 2 aliphatic rings. The number of halogens is 5.